The molecule has 0 spiro atoms. The third kappa shape index (κ3) is 2.18. The molecule has 1 aromatic rings. The van der Waals surface area contributed by atoms with E-state index in [-0.39, 0.29) is 12.0 Å². The molecule has 5 heteroatoms. The molecule has 1 aliphatic carbocycles. The zero-order valence-electron chi connectivity index (χ0n) is 11.0. The highest BCUT2D eigenvalue weighted by Crippen LogP contribution is 2.39. The van der Waals surface area contributed by atoms with E-state index in [0.717, 1.165) is 31.6 Å². The van der Waals surface area contributed by atoms with E-state index >= 15 is 0 Å². The number of hydrogen-bond acceptors (Lipinski definition) is 4. The highest BCUT2D eigenvalue weighted by molar-refractivity contribution is 5.92. The number of fused-ring (bicyclic) bond motifs is 1. The van der Waals surface area contributed by atoms with Crippen molar-refractivity contribution in [3.63, 3.8) is 0 Å². The molecule has 3 unspecified atom stereocenters. The number of aliphatic hydroxyl groups is 1. The lowest BCUT2D eigenvalue weighted by Crippen LogP contribution is -2.25. The molecule has 102 valence electrons. The molecule has 2 fully saturated rings. The number of carbonyl (C=O) groups is 1. The molecule has 1 amide bonds. The number of rotatable bonds is 2. The minimum Gasteiger partial charge on any atom is -0.393 e. The van der Waals surface area contributed by atoms with Crippen molar-refractivity contribution in [2.75, 3.05) is 25.0 Å². The standard InChI is InChI=1S/C14H19N3O2/c1-15-14(19)12-6-10(4-5-16-12)17-7-9-2-3-13(18)11(9)8-17/h4-6,9,11,13,18H,2-3,7-8H2,1H3,(H,15,19). The molecule has 0 bridgehead atoms. The Hall–Kier alpha value is -1.62. The van der Waals surface area contributed by atoms with Gasteiger partial charge < -0.3 is 15.3 Å². The highest BCUT2D eigenvalue weighted by Gasteiger charge is 2.41. The molecule has 19 heavy (non-hydrogen) atoms. The normalized spacial score (nSPS) is 29.4. The summed E-state index contributed by atoms with van der Waals surface area (Å²) < 4.78 is 0. The van der Waals surface area contributed by atoms with E-state index in [4.69, 9.17) is 0 Å². The Morgan fingerprint density at radius 2 is 2.32 bits per heavy atom. The maximum atomic E-state index is 11.6. The third-order valence-electron chi connectivity index (χ3n) is 4.39. The van der Waals surface area contributed by atoms with Gasteiger partial charge in [0.2, 0.25) is 0 Å². The van der Waals surface area contributed by atoms with E-state index in [2.05, 4.69) is 15.2 Å². The lowest BCUT2D eigenvalue weighted by atomic mass is 10.00. The van der Waals surface area contributed by atoms with E-state index in [0.29, 0.717) is 17.5 Å². The first-order chi connectivity index (χ1) is 9.19. The summed E-state index contributed by atoms with van der Waals surface area (Å²) in [5.74, 6) is 0.810. The first kappa shape index (κ1) is 12.4. The van der Waals surface area contributed by atoms with E-state index in [1.807, 2.05) is 12.1 Å². The van der Waals surface area contributed by atoms with Crippen molar-refractivity contribution in [1.29, 1.82) is 0 Å². The van der Waals surface area contributed by atoms with Crippen LogP contribution in [0.1, 0.15) is 23.3 Å². The first-order valence-electron chi connectivity index (χ1n) is 6.80. The number of nitrogens with zero attached hydrogens (tertiary/aromatic N) is 2. The minimum absolute atomic E-state index is 0.157. The minimum atomic E-state index is -0.165. The zero-order chi connectivity index (χ0) is 13.4. The van der Waals surface area contributed by atoms with Crippen LogP contribution in [0.3, 0.4) is 0 Å². The van der Waals surface area contributed by atoms with Gasteiger partial charge in [-0.15, -0.1) is 0 Å². The Kier molecular flexibility index (Phi) is 3.14. The molecule has 1 aliphatic heterocycles. The van der Waals surface area contributed by atoms with Gasteiger partial charge in [-0.05, 0) is 30.9 Å². The molecule has 1 saturated heterocycles. The molecule has 1 saturated carbocycles. The highest BCUT2D eigenvalue weighted by atomic mass is 16.3. The maximum absolute atomic E-state index is 11.6. The van der Waals surface area contributed by atoms with Crippen molar-refractivity contribution in [2.45, 2.75) is 18.9 Å². The Morgan fingerprint density at radius 1 is 1.47 bits per heavy atom. The summed E-state index contributed by atoms with van der Waals surface area (Å²) in [5.41, 5.74) is 1.47. The van der Waals surface area contributed by atoms with Crippen molar-refractivity contribution in [1.82, 2.24) is 10.3 Å². The van der Waals surface area contributed by atoms with E-state index in [1.54, 1.807) is 13.2 Å². The topological polar surface area (TPSA) is 65.5 Å². The van der Waals surface area contributed by atoms with Gasteiger partial charge in [0.1, 0.15) is 5.69 Å². The molecule has 3 atom stereocenters. The van der Waals surface area contributed by atoms with Gasteiger partial charge in [0.05, 0.1) is 6.10 Å². The van der Waals surface area contributed by atoms with Crippen molar-refractivity contribution in [3.05, 3.63) is 24.0 Å². The predicted molar refractivity (Wildman–Crippen MR) is 72.1 cm³/mol. The van der Waals surface area contributed by atoms with Crippen molar-refractivity contribution < 1.29 is 9.90 Å². The summed E-state index contributed by atoms with van der Waals surface area (Å²) in [6.45, 7) is 1.85. The lowest BCUT2D eigenvalue weighted by molar-refractivity contribution is 0.0958. The summed E-state index contributed by atoms with van der Waals surface area (Å²) >= 11 is 0. The zero-order valence-corrected chi connectivity index (χ0v) is 11.0. The van der Waals surface area contributed by atoms with Gasteiger partial charge in [-0.3, -0.25) is 9.78 Å². The monoisotopic (exact) mass is 261 g/mol. The Morgan fingerprint density at radius 3 is 3.05 bits per heavy atom. The van der Waals surface area contributed by atoms with Gasteiger partial charge >= 0.3 is 0 Å². The van der Waals surface area contributed by atoms with Crippen LogP contribution in [0.5, 0.6) is 0 Å². The quantitative estimate of drug-likeness (QED) is 0.820. The van der Waals surface area contributed by atoms with Gasteiger partial charge in [-0.25, -0.2) is 0 Å². The summed E-state index contributed by atoms with van der Waals surface area (Å²) in [4.78, 5) is 17.9. The molecule has 0 aromatic carbocycles. The number of nitrogens with one attached hydrogen (secondary N) is 1. The molecule has 2 aliphatic rings. The van der Waals surface area contributed by atoms with Crippen LogP contribution in [-0.2, 0) is 0 Å². The van der Waals surface area contributed by atoms with Gasteiger partial charge in [0.25, 0.3) is 5.91 Å². The lowest BCUT2D eigenvalue weighted by Gasteiger charge is -2.20. The van der Waals surface area contributed by atoms with Crippen LogP contribution in [0, 0.1) is 11.8 Å². The van der Waals surface area contributed by atoms with Crippen LogP contribution in [0.25, 0.3) is 0 Å². The SMILES string of the molecule is CNC(=O)c1cc(N2CC3CCC(O)C3C2)ccn1. The maximum Gasteiger partial charge on any atom is 0.269 e. The number of hydrogen-bond donors (Lipinski definition) is 2. The first-order valence-corrected chi connectivity index (χ1v) is 6.80. The fourth-order valence-corrected chi connectivity index (χ4v) is 3.32. The fraction of sp³-hybridized carbons (Fsp3) is 0.571. The van der Waals surface area contributed by atoms with Gasteiger partial charge in [-0.1, -0.05) is 0 Å². The second-order valence-corrected chi connectivity index (χ2v) is 5.45. The number of anilines is 1. The predicted octanol–water partition coefficient (Wildman–Crippen LogP) is 0.648. The second-order valence-electron chi connectivity index (χ2n) is 5.45. The van der Waals surface area contributed by atoms with Crippen LogP contribution in [0.2, 0.25) is 0 Å². The Balaban J connectivity index is 1.78. The third-order valence-corrected chi connectivity index (χ3v) is 4.39. The number of carbonyl (C=O) groups excluding carboxylic acids is 1. The molecular weight excluding hydrogens is 242 g/mol. The fourth-order valence-electron chi connectivity index (χ4n) is 3.32. The van der Waals surface area contributed by atoms with Crippen LogP contribution < -0.4 is 10.2 Å². The number of aliphatic hydroxyl groups excluding tert-OH is 1. The van der Waals surface area contributed by atoms with Gasteiger partial charge in [0, 0.05) is 37.9 Å². The van der Waals surface area contributed by atoms with Crippen molar-refractivity contribution in [3.8, 4) is 0 Å². The Labute approximate surface area is 112 Å². The van der Waals surface area contributed by atoms with Crippen molar-refractivity contribution >= 4 is 11.6 Å². The van der Waals surface area contributed by atoms with E-state index in [9.17, 15) is 9.90 Å². The molecule has 2 N–H and O–H groups in total. The average molecular weight is 261 g/mol. The molecule has 5 nitrogen and oxygen atoms in total. The molecule has 3 rings (SSSR count). The van der Waals surface area contributed by atoms with E-state index < -0.39 is 0 Å². The average Bonchev–Trinajstić information content (AvgIpc) is 3.01. The number of amides is 1. The summed E-state index contributed by atoms with van der Waals surface area (Å²) in [7, 11) is 1.60. The van der Waals surface area contributed by atoms with Crippen LogP contribution in [-0.4, -0.2) is 42.2 Å². The number of pyridine rings is 1. The van der Waals surface area contributed by atoms with Gasteiger partial charge in [-0.2, -0.15) is 0 Å². The van der Waals surface area contributed by atoms with Crippen LogP contribution >= 0.6 is 0 Å². The van der Waals surface area contributed by atoms with E-state index in [1.165, 1.54) is 0 Å². The summed E-state index contributed by atoms with van der Waals surface area (Å²) in [6.07, 6.45) is 3.55. The molecule has 2 heterocycles. The largest absolute Gasteiger partial charge is 0.393 e. The summed E-state index contributed by atoms with van der Waals surface area (Å²) in [5, 5.41) is 12.5. The summed E-state index contributed by atoms with van der Waals surface area (Å²) in [6, 6.07) is 3.76. The molecule has 1 aromatic heterocycles. The smallest absolute Gasteiger partial charge is 0.269 e. The molecule has 0 radical (unpaired) electrons. The van der Waals surface area contributed by atoms with Crippen LogP contribution in [0.4, 0.5) is 5.69 Å². The molecular formula is C14H19N3O2. The van der Waals surface area contributed by atoms with Crippen molar-refractivity contribution in [2.24, 2.45) is 11.8 Å². The number of aromatic nitrogens is 1. The van der Waals surface area contributed by atoms with Crippen LogP contribution in [0.15, 0.2) is 18.3 Å². The second kappa shape index (κ2) is 4.81. The Bertz CT molecular complexity index is 491. The van der Waals surface area contributed by atoms with Gasteiger partial charge in [0.15, 0.2) is 0 Å².